The Morgan fingerprint density at radius 3 is 2.38 bits per heavy atom. The highest BCUT2D eigenvalue weighted by Crippen LogP contribution is 2.20. The van der Waals surface area contributed by atoms with Crippen LogP contribution in [0.25, 0.3) is 0 Å². The molecule has 3 atom stereocenters. The predicted molar refractivity (Wildman–Crippen MR) is 83.2 cm³/mol. The first-order valence-electron chi connectivity index (χ1n) is 7.28. The number of nitrogens with one attached hydrogen (secondary N) is 1. The van der Waals surface area contributed by atoms with Crippen LogP contribution in [-0.2, 0) is 14.9 Å². The van der Waals surface area contributed by atoms with Crippen LogP contribution in [0.1, 0.15) is 37.9 Å². The molecule has 0 aliphatic carbocycles. The Morgan fingerprint density at radius 1 is 1.24 bits per heavy atom. The predicted octanol–water partition coefficient (Wildman–Crippen LogP) is 2.00. The van der Waals surface area contributed by atoms with Crippen LogP contribution in [0.3, 0.4) is 0 Å². The largest absolute Gasteiger partial charge is 0.373 e. The van der Waals surface area contributed by atoms with E-state index in [1.807, 2.05) is 52.0 Å². The fourth-order valence-corrected chi connectivity index (χ4v) is 4.30. The van der Waals surface area contributed by atoms with E-state index in [2.05, 4.69) is 4.72 Å². The number of nitrogens with zero attached hydrogens (tertiary/aromatic N) is 1. The second kappa shape index (κ2) is 6.44. The van der Waals surface area contributed by atoms with Crippen molar-refractivity contribution in [3.05, 3.63) is 35.4 Å². The van der Waals surface area contributed by atoms with Gasteiger partial charge in [-0.3, -0.25) is 0 Å². The maximum Gasteiger partial charge on any atom is 0.280 e. The van der Waals surface area contributed by atoms with Gasteiger partial charge >= 0.3 is 0 Å². The van der Waals surface area contributed by atoms with Crippen LogP contribution < -0.4 is 4.72 Å². The zero-order valence-electron chi connectivity index (χ0n) is 13.0. The molecule has 0 radical (unpaired) electrons. The first-order valence-corrected chi connectivity index (χ1v) is 8.72. The van der Waals surface area contributed by atoms with Crippen molar-refractivity contribution in [1.29, 1.82) is 0 Å². The maximum absolute atomic E-state index is 12.5. The van der Waals surface area contributed by atoms with Crippen molar-refractivity contribution in [1.82, 2.24) is 9.03 Å². The molecular formula is C15H24N2O3S. The molecule has 0 saturated carbocycles. The molecule has 1 heterocycles. The maximum atomic E-state index is 12.5. The van der Waals surface area contributed by atoms with E-state index in [1.165, 1.54) is 4.31 Å². The number of hydrogen-bond donors (Lipinski definition) is 1. The summed E-state index contributed by atoms with van der Waals surface area (Å²) < 4.78 is 34.9. The van der Waals surface area contributed by atoms with E-state index in [0.717, 1.165) is 11.1 Å². The van der Waals surface area contributed by atoms with Crippen LogP contribution in [0.5, 0.6) is 0 Å². The molecule has 0 aromatic heterocycles. The van der Waals surface area contributed by atoms with Crippen LogP contribution in [0, 0.1) is 6.92 Å². The van der Waals surface area contributed by atoms with Crippen molar-refractivity contribution in [3.8, 4) is 0 Å². The Balaban J connectivity index is 2.12. The van der Waals surface area contributed by atoms with Gasteiger partial charge in [0.2, 0.25) is 0 Å². The highest BCUT2D eigenvalue weighted by atomic mass is 32.2. The molecule has 1 fully saturated rings. The summed E-state index contributed by atoms with van der Waals surface area (Å²) in [5.41, 5.74) is 2.08. The molecule has 1 aliphatic heterocycles. The van der Waals surface area contributed by atoms with Gasteiger partial charge in [0.05, 0.1) is 12.2 Å². The lowest BCUT2D eigenvalue weighted by Crippen LogP contribution is -2.52. The third-order valence-corrected chi connectivity index (χ3v) is 5.34. The Hall–Kier alpha value is -0.950. The third kappa shape index (κ3) is 4.03. The van der Waals surface area contributed by atoms with Crippen molar-refractivity contribution in [2.24, 2.45) is 0 Å². The molecule has 1 N–H and O–H groups in total. The summed E-state index contributed by atoms with van der Waals surface area (Å²) in [6, 6.07) is 7.55. The summed E-state index contributed by atoms with van der Waals surface area (Å²) in [5, 5.41) is 0. The van der Waals surface area contributed by atoms with Gasteiger partial charge < -0.3 is 4.74 Å². The highest BCUT2D eigenvalue weighted by molar-refractivity contribution is 7.87. The number of hydrogen-bond acceptors (Lipinski definition) is 3. The van der Waals surface area contributed by atoms with Gasteiger partial charge in [-0.2, -0.15) is 17.4 Å². The topological polar surface area (TPSA) is 58.6 Å². The van der Waals surface area contributed by atoms with Gasteiger partial charge in [0, 0.05) is 19.1 Å². The molecule has 21 heavy (non-hydrogen) atoms. The van der Waals surface area contributed by atoms with Crippen molar-refractivity contribution in [3.63, 3.8) is 0 Å². The molecule has 1 aliphatic rings. The fraction of sp³-hybridized carbons (Fsp3) is 0.600. The molecule has 0 bridgehead atoms. The minimum Gasteiger partial charge on any atom is -0.373 e. The zero-order chi connectivity index (χ0) is 15.6. The van der Waals surface area contributed by atoms with Crippen molar-refractivity contribution in [2.45, 2.75) is 45.9 Å². The summed E-state index contributed by atoms with van der Waals surface area (Å²) in [6.45, 7) is 8.42. The molecule has 6 heteroatoms. The SMILES string of the molecule is Cc1ccccc1C(C)NS(=O)(=O)N1CC(C)OC(C)C1. The van der Waals surface area contributed by atoms with E-state index in [4.69, 9.17) is 4.74 Å². The van der Waals surface area contributed by atoms with Gasteiger partial charge in [0.15, 0.2) is 0 Å². The fourth-order valence-electron chi connectivity index (χ4n) is 2.76. The molecule has 2 rings (SSSR count). The Kier molecular flexibility index (Phi) is 5.03. The van der Waals surface area contributed by atoms with E-state index in [-0.39, 0.29) is 18.2 Å². The molecule has 1 aromatic rings. The molecule has 3 unspecified atom stereocenters. The van der Waals surface area contributed by atoms with Crippen LogP contribution in [0.2, 0.25) is 0 Å². The Bertz CT molecular complexity index is 578. The average molecular weight is 312 g/mol. The van der Waals surface area contributed by atoms with Crippen LogP contribution in [-0.4, -0.2) is 38.0 Å². The van der Waals surface area contributed by atoms with Gasteiger partial charge in [-0.15, -0.1) is 0 Å². The standard InChI is InChI=1S/C15H24N2O3S/c1-11-7-5-6-8-15(11)14(4)16-21(18,19)17-9-12(2)20-13(3)10-17/h5-8,12-14,16H,9-10H2,1-4H3. The lowest BCUT2D eigenvalue weighted by Gasteiger charge is -2.35. The lowest BCUT2D eigenvalue weighted by molar-refractivity contribution is -0.0444. The van der Waals surface area contributed by atoms with Gasteiger partial charge in [-0.25, -0.2) is 0 Å². The number of aryl methyl sites for hydroxylation is 1. The molecule has 5 nitrogen and oxygen atoms in total. The molecule has 0 spiro atoms. The van der Waals surface area contributed by atoms with Crippen LogP contribution >= 0.6 is 0 Å². The van der Waals surface area contributed by atoms with E-state index < -0.39 is 10.2 Å². The third-order valence-electron chi connectivity index (χ3n) is 3.71. The number of rotatable bonds is 4. The molecule has 118 valence electrons. The Morgan fingerprint density at radius 2 is 1.81 bits per heavy atom. The summed E-state index contributed by atoms with van der Waals surface area (Å²) in [6.07, 6.45) is -0.168. The second-order valence-corrected chi connectivity index (χ2v) is 7.48. The summed E-state index contributed by atoms with van der Waals surface area (Å²) in [4.78, 5) is 0. The number of morpholine rings is 1. The molecule has 0 amide bonds. The smallest absolute Gasteiger partial charge is 0.280 e. The van der Waals surface area contributed by atoms with E-state index in [1.54, 1.807) is 0 Å². The summed E-state index contributed by atoms with van der Waals surface area (Å²) in [5.74, 6) is 0. The molecular weight excluding hydrogens is 288 g/mol. The van der Waals surface area contributed by atoms with E-state index >= 15 is 0 Å². The first-order chi connectivity index (χ1) is 9.79. The van der Waals surface area contributed by atoms with Crippen molar-refractivity contribution in [2.75, 3.05) is 13.1 Å². The number of ether oxygens (including phenoxy) is 1. The van der Waals surface area contributed by atoms with Crippen LogP contribution in [0.4, 0.5) is 0 Å². The molecule has 1 aromatic carbocycles. The summed E-state index contributed by atoms with van der Waals surface area (Å²) >= 11 is 0. The second-order valence-electron chi connectivity index (χ2n) is 5.78. The van der Waals surface area contributed by atoms with E-state index in [9.17, 15) is 8.42 Å². The lowest BCUT2D eigenvalue weighted by atomic mass is 10.0. The quantitative estimate of drug-likeness (QED) is 0.925. The van der Waals surface area contributed by atoms with E-state index in [0.29, 0.717) is 13.1 Å². The van der Waals surface area contributed by atoms with Gasteiger partial charge in [-0.05, 0) is 38.8 Å². The van der Waals surface area contributed by atoms with Gasteiger partial charge in [-0.1, -0.05) is 24.3 Å². The summed E-state index contributed by atoms with van der Waals surface area (Å²) in [7, 11) is -3.51. The van der Waals surface area contributed by atoms with Crippen molar-refractivity contribution >= 4 is 10.2 Å². The van der Waals surface area contributed by atoms with Gasteiger partial charge in [0.25, 0.3) is 10.2 Å². The first kappa shape index (κ1) is 16.4. The van der Waals surface area contributed by atoms with Crippen molar-refractivity contribution < 1.29 is 13.2 Å². The van der Waals surface area contributed by atoms with Crippen LogP contribution in [0.15, 0.2) is 24.3 Å². The Labute approximate surface area is 127 Å². The average Bonchev–Trinajstić information content (AvgIpc) is 2.37. The number of benzene rings is 1. The molecule has 1 saturated heterocycles. The normalized spacial score (nSPS) is 25.7. The monoisotopic (exact) mass is 312 g/mol. The minimum absolute atomic E-state index is 0.0842. The van der Waals surface area contributed by atoms with Gasteiger partial charge in [0.1, 0.15) is 0 Å². The zero-order valence-corrected chi connectivity index (χ0v) is 13.9. The minimum atomic E-state index is -3.51. The highest BCUT2D eigenvalue weighted by Gasteiger charge is 2.32.